The summed E-state index contributed by atoms with van der Waals surface area (Å²) < 4.78 is 24.4. The van der Waals surface area contributed by atoms with Crippen LogP contribution < -0.4 is 5.32 Å². The van der Waals surface area contributed by atoms with Gasteiger partial charge in [-0.15, -0.1) is 0 Å². The molecule has 3 aromatic carbocycles. The van der Waals surface area contributed by atoms with E-state index in [9.17, 15) is 14.0 Å². The van der Waals surface area contributed by atoms with Crippen molar-refractivity contribution in [3.05, 3.63) is 84.2 Å². The molecule has 1 aromatic heterocycles. The van der Waals surface area contributed by atoms with E-state index in [1.807, 2.05) is 12.1 Å². The Morgan fingerprint density at radius 1 is 0.966 bits per heavy atom. The van der Waals surface area contributed by atoms with E-state index in [0.717, 1.165) is 0 Å². The highest BCUT2D eigenvalue weighted by Crippen LogP contribution is 2.27. The van der Waals surface area contributed by atoms with Crippen molar-refractivity contribution >= 4 is 28.7 Å². The van der Waals surface area contributed by atoms with Crippen LogP contribution in [0.3, 0.4) is 0 Å². The Hall–Kier alpha value is -4.00. The number of amides is 1. The van der Waals surface area contributed by atoms with Crippen LogP contribution in [0.15, 0.2) is 77.2 Å². The molecule has 4 aromatic rings. The number of nitrogens with zero attached hydrogens (tertiary/aromatic N) is 1. The average Bonchev–Trinajstić information content (AvgIpc) is 3.18. The number of para-hydroxylation sites is 3. The third-order valence-electron chi connectivity index (χ3n) is 4.15. The largest absolute Gasteiger partial charge is 0.452 e. The van der Waals surface area contributed by atoms with E-state index >= 15 is 0 Å². The highest BCUT2D eigenvalue weighted by atomic mass is 19.1. The summed E-state index contributed by atoms with van der Waals surface area (Å²) in [5.74, 6) is -1.67. The zero-order chi connectivity index (χ0) is 20.2. The number of aromatic nitrogens is 1. The fourth-order valence-corrected chi connectivity index (χ4v) is 2.79. The summed E-state index contributed by atoms with van der Waals surface area (Å²) in [4.78, 5) is 28.9. The number of carbonyl (C=O) groups is 2. The molecule has 1 N–H and O–H groups in total. The second kappa shape index (κ2) is 7.93. The summed E-state index contributed by atoms with van der Waals surface area (Å²) in [6, 6.07) is 19.6. The maximum atomic E-state index is 13.6. The minimum absolute atomic E-state index is 0.0143. The lowest BCUT2D eigenvalue weighted by atomic mass is 10.1. The summed E-state index contributed by atoms with van der Waals surface area (Å²) in [6.07, 6.45) is 0. The highest BCUT2D eigenvalue weighted by Gasteiger charge is 2.19. The van der Waals surface area contributed by atoms with Crippen LogP contribution in [0.4, 0.5) is 10.1 Å². The van der Waals surface area contributed by atoms with Crippen molar-refractivity contribution in [2.45, 2.75) is 0 Å². The van der Waals surface area contributed by atoms with Crippen LogP contribution >= 0.6 is 0 Å². The number of nitrogens with one attached hydrogen (secondary N) is 1. The highest BCUT2D eigenvalue weighted by molar-refractivity contribution is 5.99. The van der Waals surface area contributed by atoms with Crippen LogP contribution in [0, 0.1) is 5.82 Å². The van der Waals surface area contributed by atoms with Gasteiger partial charge in [-0.25, -0.2) is 14.2 Å². The molecule has 0 aliphatic heterocycles. The van der Waals surface area contributed by atoms with Gasteiger partial charge in [-0.3, -0.25) is 4.79 Å². The molecule has 0 atom stereocenters. The number of ether oxygens (including phenoxy) is 1. The Kier molecular flexibility index (Phi) is 5.03. The van der Waals surface area contributed by atoms with Gasteiger partial charge in [0.15, 0.2) is 12.2 Å². The fraction of sp³-hybridized carbons (Fsp3) is 0.0455. The molecule has 0 spiro atoms. The Bertz CT molecular complexity index is 1170. The molecule has 7 heteroatoms. The van der Waals surface area contributed by atoms with E-state index in [-0.39, 0.29) is 17.1 Å². The van der Waals surface area contributed by atoms with Crippen molar-refractivity contribution in [1.82, 2.24) is 4.98 Å². The van der Waals surface area contributed by atoms with Gasteiger partial charge in [-0.05, 0) is 36.4 Å². The van der Waals surface area contributed by atoms with Gasteiger partial charge < -0.3 is 14.5 Å². The van der Waals surface area contributed by atoms with Gasteiger partial charge >= 0.3 is 5.97 Å². The number of esters is 1. The summed E-state index contributed by atoms with van der Waals surface area (Å²) in [5, 5.41) is 2.36. The van der Waals surface area contributed by atoms with Crippen LogP contribution in [0.25, 0.3) is 22.6 Å². The standard InChI is InChI=1S/C22H15FN2O4/c23-16-9-3-4-10-17(16)24-20(26)13-28-22(27)15-8-2-1-7-14(15)21-25-18-11-5-6-12-19(18)29-21/h1-12H,13H2,(H,24,26). The van der Waals surface area contributed by atoms with Crippen LogP contribution in [0.5, 0.6) is 0 Å². The first kappa shape index (κ1) is 18.4. The van der Waals surface area contributed by atoms with E-state index in [4.69, 9.17) is 9.15 Å². The number of halogens is 1. The summed E-state index contributed by atoms with van der Waals surface area (Å²) in [6.45, 7) is -0.560. The van der Waals surface area contributed by atoms with Gasteiger partial charge in [0.25, 0.3) is 5.91 Å². The fourth-order valence-electron chi connectivity index (χ4n) is 2.79. The molecule has 6 nitrogen and oxygen atoms in total. The minimum Gasteiger partial charge on any atom is -0.452 e. The second-order valence-electron chi connectivity index (χ2n) is 6.14. The molecule has 0 aliphatic rings. The van der Waals surface area contributed by atoms with E-state index in [2.05, 4.69) is 10.3 Å². The Morgan fingerprint density at radius 2 is 1.69 bits per heavy atom. The van der Waals surface area contributed by atoms with Gasteiger partial charge in [0.05, 0.1) is 16.8 Å². The Labute approximate surface area is 164 Å². The number of carbonyl (C=O) groups excluding carboxylic acids is 2. The molecule has 1 amide bonds. The van der Waals surface area contributed by atoms with Crippen LogP contribution in [-0.2, 0) is 9.53 Å². The van der Waals surface area contributed by atoms with Gasteiger partial charge in [-0.2, -0.15) is 0 Å². The first-order chi connectivity index (χ1) is 14.1. The normalized spacial score (nSPS) is 10.7. The molecule has 0 fully saturated rings. The number of oxazole rings is 1. The predicted molar refractivity (Wildman–Crippen MR) is 105 cm³/mol. The van der Waals surface area contributed by atoms with Gasteiger partial charge in [0.2, 0.25) is 5.89 Å². The molecular weight excluding hydrogens is 375 g/mol. The Morgan fingerprint density at radius 3 is 2.52 bits per heavy atom. The van der Waals surface area contributed by atoms with Crippen LogP contribution in [-0.4, -0.2) is 23.5 Å². The molecular formula is C22H15FN2O4. The number of rotatable bonds is 5. The number of benzene rings is 3. The van der Waals surface area contributed by atoms with Gasteiger partial charge in [0, 0.05) is 0 Å². The monoisotopic (exact) mass is 390 g/mol. The maximum Gasteiger partial charge on any atom is 0.339 e. The molecule has 1 heterocycles. The molecule has 0 bridgehead atoms. The number of fused-ring (bicyclic) bond motifs is 1. The minimum atomic E-state index is -0.716. The van der Waals surface area contributed by atoms with Crippen molar-refractivity contribution < 1.29 is 23.1 Å². The topological polar surface area (TPSA) is 81.4 Å². The molecule has 0 unspecified atom stereocenters. The number of hydrogen-bond donors (Lipinski definition) is 1. The second-order valence-corrected chi connectivity index (χ2v) is 6.14. The summed E-state index contributed by atoms with van der Waals surface area (Å²) in [7, 11) is 0. The molecule has 0 saturated carbocycles. The van der Waals surface area contributed by atoms with Crippen molar-refractivity contribution in [3.8, 4) is 11.5 Å². The first-order valence-electron chi connectivity index (χ1n) is 8.78. The van der Waals surface area contributed by atoms with Gasteiger partial charge in [-0.1, -0.05) is 36.4 Å². The van der Waals surface area contributed by atoms with Crippen LogP contribution in [0.1, 0.15) is 10.4 Å². The van der Waals surface area contributed by atoms with Crippen molar-refractivity contribution in [2.24, 2.45) is 0 Å². The molecule has 0 saturated heterocycles. The van der Waals surface area contributed by atoms with Gasteiger partial charge in [0.1, 0.15) is 11.3 Å². The lowest BCUT2D eigenvalue weighted by Crippen LogP contribution is -2.21. The molecule has 144 valence electrons. The number of hydrogen-bond acceptors (Lipinski definition) is 5. The lowest BCUT2D eigenvalue weighted by molar-refractivity contribution is -0.119. The maximum absolute atomic E-state index is 13.6. The summed E-state index contributed by atoms with van der Waals surface area (Å²) in [5.41, 5.74) is 1.92. The third kappa shape index (κ3) is 3.98. The Balaban J connectivity index is 1.49. The average molecular weight is 390 g/mol. The van der Waals surface area contributed by atoms with Crippen LogP contribution in [0.2, 0.25) is 0 Å². The van der Waals surface area contributed by atoms with Crippen molar-refractivity contribution in [2.75, 3.05) is 11.9 Å². The van der Waals surface area contributed by atoms with E-state index in [0.29, 0.717) is 16.7 Å². The van der Waals surface area contributed by atoms with Crippen molar-refractivity contribution in [1.29, 1.82) is 0 Å². The molecule has 0 aliphatic carbocycles. The zero-order valence-corrected chi connectivity index (χ0v) is 15.1. The summed E-state index contributed by atoms with van der Waals surface area (Å²) >= 11 is 0. The van der Waals surface area contributed by atoms with E-state index in [1.165, 1.54) is 18.2 Å². The number of anilines is 1. The first-order valence-corrected chi connectivity index (χ1v) is 8.78. The zero-order valence-electron chi connectivity index (χ0n) is 15.1. The van der Waals surface area contributed by atoms with E-state index < -0.39 is 24.3 Å². The molecule has 0 radical (unpaired) electrons. The smallest absolute Gasteiger partial charge is 0.339 e. The SMILES string of the molecule is O=C(COC(=O)c1ccccc1-c1nc2ccccc2o1)Nc1ccccc1F. The molecule has 29 heavy (non-hydrogen) atoms. The molecule has 4 rings (SSSR count). The third-order valence-corrected chi connectivity index (χ3v) is 4.15. The van der Waals surface area contributed by atoms with E-state index in [1.54, 1.807) is 42.5 Å². The predicted octanol–water partition coefficient (Wildman–Crippen LogP) is 4.43. The lowest BCUT2D eigenvalue weighted by Gasteiger charge is -2.09. The van der Waals surface area contributed by atoms with Crippen molar-refractivity contribution in [3.63, 3.8) is 0 Å². The quantitative estimate of drug-likeness (QED) is 0.510.